The van der Waals surface area contributed by atoms with Crippen molar-refractivity contribution in [1.29, 1.82) is 0 Å². The summed E-state index contributed by atoms with van der Waals surface area (Å²) in [6.07, 6.45) is 0. The van der Waals surface area contributed by atoms with Gasteiger partial charge in [0.25, 0.3) is 0 Å². The van der Waals surface area contributed by atoms with Crippen LogP contribution in [0.2, 0.25) is 6.04 Å². The molecule has 0 bridgehead atoms. The first kappa shape index (κ1) is 25.4. The highest BCUT2D eigenvalue weighted by atomic mass is 79.9. The maximum Gasteiger partial charge on any atom is 0.00244 e. The van der Waals surface area contributed by atoms with Gasteiger partial charge < -0.3 is 0 Å². The molecule has 0 aromatic heterocycles. The van der Waals surface area contributed by atoms with E-state index in [1.54, 1.807) is 0 Å². The van der Waals surface area contributed by atoms with Crippen LogP contribution in [0.15, 0.2) is 0 Å². The van der Waals surface area contributed by atoms with Crippen LogP contribution in [0.5, 0.6) is 0 Å². The van der Waals surface area contributed by atoms with Crippen molar-refractivity contribution in [3.63, 3.8) is 0 Å². The lowest BCUT2D eigenvalue weighted by molar-refractivity contribution is 1.48. The fourth-order valence-electron chi connectivity index (χ4n) is 0. The van der Waals surface area contributed by atoms with Crippen molar-refractivity contribution in [2.75, 3.05) is 0 Å². The molecule has 4 heteroatoms. The van der Waals surface area contributed by atoms with E-state index in [1.807, 2.05) is 0 Å². The molecule has 6 heavy (non-hydrogen) atoms. The molecule has 0 aliphatic heterocycles. The van der Waals surface area contributed by atoms with Gasteiger partial charge in [-0.25, -0.2) is 0 Å². The first-order valence-electron chi connectivity index (χ1n) is 1.41. The highest BCUT2D eigenvalue weighted by Gasteiger charge is 1.36. The third-order valence-electron chi connectivity index (χ3n) is 0. The molecule has 0 rings (SSSR count). The monoisotopic (exact) mass is 300 g/mol. The summed E-state index contributed by atoms with van der Waals surface area (Å²) < 4.78 is 0. The van der Waals surface area contributed by atoms with Gasteiger partial charge in [0.15, 0.2) is 0 Å². The van der Waals surface area contributed by atoms with Crippen LogP contribution < -0.4 is 0 Å². The Kier molecular flexibility index (Phi) is 128. The number of rotatable bonds is 0. The zero-order chi connectivity index (χ0) is 2.71. The molecule has 0 aromatic rings. The van der Waals surface area contributed by atoms with Gasteiger partial charge in [0, 0.05) is 10.2 Å². The highest BCUT2D eigenvalue weighted by Crippen LogP contribution is 1.49. The Morgan fingerprint density at radius 3 is 1.17 bits per heavy atom. The van der Waals surface area contributed by atoms with Gasteiger partial charge in [0.1, 0.15) is 0 Å². The molecule has 0 unspecified atom stereocenters. The van der Waals surface area contributed by atoms with Gasteiger partial charge in [-0.15, -0.1) is 50.9 Å². The lowest BCUT2D eigenvalue weighted by atomic mass is 11.0. The Morgan fingerprint density at radius 2 is 1.17 bits per heavy atom. The zero-order valence-corrected chi connectivity index (χ0v) is 11.1. The van der Waals surface area contributed by atoms with Crippen LogP contribution in [-0.2, 0) is 0 Å². The molecule has 0 saturated heterocycles. The van der Waals surface area contributed by atoms with E-state index in [4.69, 9.17) is 0 Å². The summed E-state index contributed by atoms with van der Waals surface area (Å²) in [5, 5.41) is 0. The molecule has 0 N–H and O–H groups in total. The minimum Gasteiger partial charge on any atom is -0.114 e. The number of hydrogen-bond acceptors (Lipinski definition) is 0. The van der Waals surface area contributed by atoms with Crippen LogP contribution in [0.3, 0.4) is 0 Å². The first-order valence-corrected chi connectivity index (χ1v) is 2.83. The van der Waals surface area contributed by atoms with Crippen LogP contribution in [-0.4, -0.2) is 10.2 Å². The molecule has 0 amide bonds. The lowest BCUT2D eigenvalue weighted by Gasteiger charge is -1.47. The van der Waals surface area contributed by atoms with Gasteiger partial charge in [-0.2, -0.15) is 0 Å². The quantitative estimate of drug-likeness (QED) is 0.595. The molecule has 0 aromatic carbocycles. The fraction of sp³-hybridized carbons (Fsp3) is 1.00. The van der Waals surface area contributed by atoms with Crippen molar-refractivity contribution < 1.29 is 0 Å². The van der Waals surface area contributed by atoms with E-state index in [-0.39, 0.29) is 50.9 Å². The lowest BCUT2D eigenvalue weighted by Crippen LogP contribution is -1.41. The molecule has 0 nitrogen and oxygen atoms in total. The normalized spacial score (nSPS) is 3.50. The van der Waals surface area contributed by atoms with Crippen LogP contribution >= 0.6 is 50.9 Å². The molecule has 0 fully saturated rings. The van der Waals surface area contributed by atoms with Gasteiger partial charge in [0.2, 0.25) is 0 Å². The number of halogens is 3. The van der Waals surface area contributed by atoms with Crippen LogP contribution in [0.25, 0.3) is 0 Å². The van der Waals surface area contributed by atoms with E-state index in [1.165, 1.54) is 16.3 Å². The fourth-order valence-corrected chi connectivity index (χ4v) is 0. The Labute approximate surface area is 73.8 Å². The van der Waals surface area contributed by atoms with Crippen molar-refractivity contribution in [1.82, 2.24) is 0 Å². The second-order valence-corrected chi connectivity index (χ2v) is 2.12. The van der Waals surface area contributed by atoms with Crippen molar-refractivity contribution >= 4 is 61.2 Å². The molecule has 0 radical (unpaired) electrons. The molecular weight excluding hydrogens is 292 g/mol. The largest absolute Gasteiger partial charge is 0.114 e. The van der Waals surface area contributed by atoms with E-state index in [2.05, 4.69) is 6.92 Å². The Morgan fingerprint density at radius 1 is 1.17 bits per heavy atom. The van der Waals surface area contributed by atoms with Crippen LogP contribution in [0.4, 0.5) is 0 Å². The van der Waals surface area contributed by atoms with Gasteiger partial charge in [-0.3, -0.25) is 0 Å². The van der Waals surface area contributed by atoms with Crippen molar-refractivity contribution in [2.24, 2.45) is 0 Å². The smallest absolute Gasteiger partial charge is 0.00244 e. The summed E-state index contributed by atoms with van der Waals surface area (Å²) in [4.78, 5) is 0. The molecule has 0 heterocycles. The van der Waals surface area contributed by atoms with Crippen molar-refractivity contribution in [3.05, 3.63) is 0 Å². The van der Waals surface area contributed by atoms with Crippen LogP contribution in [0.1, 0.15) is 6.92 Å². The second kappa shape index (κ2) is 30.2. The summed E-state index contributed by atoms with van der Waals surface area (Å²) >= 11 is 0. The van der Waals surface area contributed by atoms with E-state index in [9.17, 15) is 0 Å². The summed E-state index contributed by atoms with van der Waals surface area (Å²) in [6, 6.07) is 1.39. The summed E-state index contributed by atoms with van der Waals surface area (Å²) in [6.45, 7) is 2.19. The molecule has 0 saturated carbocycles. The first-order chi connectivity index (χ1) is 1.41. The third-order valence-corrected chi connectivity index (χ3v) is 0. The van der Waals surface area contributed by atoms with Crippen LogP contribution in [0, 0.1) is 0 Å². The summed E-state index contributed by atoms with van der Waals surface area (Å²) in [5.41, 5.74) is 0. The van der Waals surface area contributed by atoms with Crippen molar-refractivity contribution in [3.8, 4) is 0 Å². The Hall–Kier alpha value is 1.66. The van der Waals surface area contributed by atoms with E-state index in [0.717, 1.165) is 0 Å². The van der Waals surface area contributed by atoms with Gasteiger partial charge in [-0.05, 0) is 0 Å². The molecule has 0 spiro atoms. The molecule has 0 aliphatic rings. The summed E-state index contributed by atoms with van der Waals surface area (Å²) in [7, 11) is 1.37. The van der Waals surface area contributed by atoms with Crippen molar-refractivity contribution in [2.45, 2.75) is 13.0 Å². The minimum atomic E-state index is 0. The zero-order valence-electron chi connectivity index (χ0n) is 3.93. The standard InChI is InChI=1S/C2H8Si.3BrH/c1-2-3;;;/h2H2,1,3H3;3*1H. The minimum absolute atomic E-state index is 0. The molecule has 44 valence electrons. The predicted molar refractivity (Wildman–Crippen MR) is 51.4 cm³/mol. The van der Waals surface area contributed by atoms with Gasteiger partial charge >= 0.3 is 0 Å². The Bertz CT molecular complexity index is 8.75. The molecule has 0 aliphatic carbocycles. The molecule has 0 atom stereocenters. The Balaban J connectivity index is -0.00000000667. The maximum absolute atomic E-state index is 2.19. The highest BCUT2D eigenvalue weighted by molar-refractivity contribution is 8.93. The SMILES string of the molecule is Br.Br.Br.CC[SiH3]. The van der Waals surface area contributed by atoms with E-state index >= 15 is 0 Å². The second-order valence-electron chi connectivity index (χ2n) is 0.707. The number of hydrogen-bond donors (Lipinski definition) is 0. The van der Waals surface area contributed by atoms with Gasteiger partial charge in [-0.1, -0.05) is 13.0 Å². The van der Waals surface area contributed by atoms with Gasteiger partial charge in [0.05, 0.1) is 0 Å². The third kappa shape index (κ3) is 44.7. The topological polar surface area (TPSA) is 0 Å². The van der Waals surface area contributed by atoms with E-state index in [0.29, 0.717) is 0 Å². The van der Waals surface area contributed by atoms with E-state index < -0.39 is 0 Å². The predicted octanol–water partition coefficient (Wildman–Crippen LogP) is 1.52. The average molecular weight is 303 g/mol. The molecular formula is C2H11Br3Si. The maximum atomic E-state index is 2.19. The summed E-state index contributed by atoms with van der Waals surface area (Å²) in [5.74, 6) is 0. The average Bonchev–Trinajstić information content (AvgIpc) is 0.918.